The van der Waals surface area contributed by atoms with Gasteiger partial charge in [-0.15, -0.1) is 0 Å². The number of benzene rings is 1. The molecule has 1 N–H and O–H groups in total. The third-order valence-electron chi connectivity index (χ3n) is 4.39. The number of nitrogens with zero attached hydrogens (tertiary/aromatic N) is 2. The Balaban J connectivity index is 1.46. The molecule has 0 aromatic heterocycles. The Morgan fingerprint density at radius 1 is 1.21 bits per heavy atom. The number of halogens is 1. The predicted octanol–water partition coefficient (Wildman–Crippen LogP) is 1.48. The highest BCUT2D eigenvalue weighted by Crippen LogP contribution is 2.38. The normalized spacial score (nSPS) is 18.4. The first-order valence-electron chi connectivity index (χ1n) is 8.42. The summed E-state index contributed by atoms with van der Waals surface area (Å²) in [6, 6.07) is 3.32. The SMILES string of the molecule is CN1CCN(CCCNC(=O)c2cc(Cl)c3c(c2)OCCO3)CC1. The molecular weight excluding hydrogens is 330 g/mol. The molecule has 0 atom stereocenters. The van der Waals surface area contributed by atoms with Crippen LogP contribution < -0.4 is 14.8 Å². The molecule has 132 valence electrons. The largest absolute Gasteiger partial charge is 0.486 e. The first-order chi connectivity index (χ1) is 11.6. The highest BCUT2D eigenvalue weighted by molar-refractivity contribution is 6.32. The van der Waals surface area contributed by atoms with Crippen molar-refractivity contribution in [1.82, 2.24) is 15.1 Å². The second-order valence-electron chi connectivity index (χ2n) is 6.24. The molecule has 0 saturated carbocycles. The van der Waals surface area contributed by atoms with Crippen molar-refractivity contribution in [2.75, 3.05) is 59.5 Å². The molecule has 2 aliphatic heterocycles. The lowest BCUT2D eigenvalue weighted by Gasteiger charge is -2.32. The van der Waals surface area contributed by atoms with E-state index < -0.39 is 0 Å². The molecule has 6 nitrogen and oxygen atoms in total. The van der Waals surface area contributed by atoms with Crippen molar-refractivity contribution in [3.63, 3.8) is 0 Å². The van der Waals surface area contributed by atoms with E-state index in [0.29, 0.717) is 41.8 Å². The van der Waals surface area contributed by atoms with E-state index in [-0.39, 0.29) is 5.91 Å². The van der Waals surface area contributed by atoms with Crippen molar-refractivity contribution in [2.24, 2.45) is 0 Å². The summed E-state index contributed by atoms with van der Waals surface area (Å²) in [6.45, 7) is 7.03. The minimum atomic E-state index is -0.132. The lowest BCUT2D eigenvalue weighted by atomic mass is 10.1. The lowest BCUT2D eigenvalue weighted by molar-refractivity contribution is 0.0948. The summed E-state index contributed by atoms with van der Waals surface area (Å²) >= 11 is 6.17. The molecule has 1 amide bonds. The van der Waals surface area contributed by atoms with E-state index in [1.54, 1.807) is 12.1 Å². The van der Waals surface area contributed by atoms with Gasteiger partial charge in [-0.3, -0.25) is 4.79 Å². The van der Waals surface area contributed by atoms with Crippen LogP contribution in [0.25, 0.3) is 0 Å². The van der Waals surface area contributed by atoms with E-state index in [4.69, 9.17) is 21.1 Å². The molecule has 0 bridgehead atoms. The number of rotatable bonds is 5. The fourth-order valence-corrected chi connectivity index (χ4v) is 3.19. The topological polar surface area (TPSA) is 54.0 Å². The maximum atomic E-state index is 12.3. The van der Waals surface area contributed by atoms with Crippen LogP contribution in [0, 0.1) is 0 Å². The van der Waals surface area contributed by atoms with Crippen molar-refractivity contribution < 1.29 is 14.3 Å². The van der Waals surface area contributed by atoms with Gasteiger partial charge in [0.05, 0.1) is 5.02 Å². The molecule has 1 aromatic carbocycles. The second-order valence-corrected chi connectivity index (χ2v) is 6.64. The molecular formula is C17H24ClN3O3. The molecule has 0 aliphatic carbocycles. The average molecular weight is 354 g/mol. The van der Waals surface area contributed by atoms with Crippen LogP contribution in [0.4, 0.5) is 0 Å². The van der Waals surface area contributed by atoms with E-state index in [1.165, 1.54) is 0 Å². The van der Waals surface area contributed by atoms with E-state index in [2.05, 4.69) is 22.2 Å². The highest BCUT2D eigenvalue weighted by Gasteiger charge is 2.19. The third kappa shape index (κ3) is 4.32. The van der Waals surface area contributed by atoms with Gasteiger partial charge in [-0.1, -0.05) is 11.6 Å². The number of nitrogens with one attached hydrogen (secondary N) is 1. The summed E-state index contributed by atoms with van der Waals surface area (Å²) in [5.41, 5.74) is 0.504. The van der Waals surface area contributed by atoms with Gasteiger partial charge < -0.3 is 24.6 Å². The van der Waals surface area contributed by atoms with Crippen LogP contribution in [-0.4, -0.2) is 75.2 Å². The second kappa shape index (κ2) is 8.05. The maximum absolute atomic E-state index is 12.3. The number of amides is 1. The van der Waals surface area contributed by atoms with Crippen molar-refractivity contribution >= 4 is 17.5 Å². The summed E-state index contributed by atoms with van der Waals surface area (Å²) in [6.07, 6.45) is 0.938. The Labute approximate surface area is 147 Å². The summed E-state index contributed by atoms with van der Waals surface area (Å²) < 4.78 is 11.0. The molecule has 0 unspecified atom stereocenters. The van der Waals surface area contributed by atoms with Gasteiger partial charge in [0.2, 0.25) is 0 Å². The Kier molecular flexibility index (Phi) is 5.81. The number of carbonyl (C=O) groups excluding carboxylic acids is 1. The van der Waals surface area contributed by atoms with Gasteiger partial charge in [-0.25, -0.2) is 0 Å². The molecule has 2 heterocycles. The Hall–Kier alpha value is -1.50. The minimum Gasteiger partial charge on any atom is -0.486 e. The number of ether oxygens (including phenoxy) is 2. The van der Waals surface area contributed by atoms with Crippen molar-refractivity contribution in [3.05, 3.63) is 22.7 Å². The zero-order chi connectivity index (χ0) is 16.9. The molecule has 24 heavy (non-hydrogen) atoms. The van der Waals surface area contributed by atoms with Gasteiger partial charge in [0.25, 0.3) is 5.91 Å². The Morgan fingerprint density at radius 3 is 2.75 bits per heavy atom. The zero-order valence-corrected chi connectivity index (χ0v) is 14.8. The van der Waals surface area contributed by atoms with Crippen LogP contribution in [0.2, 0.25) is 5.02 Å². The molecule has 3 rings (SSSR count). The van der Waals surface area contributed by atoms with E-state index in [1.807, 2.05) is 0 Å². The molecule has 0 spiro atoms. The molecule has 2 aliphatic rings. The van der Waals surface area contributed by atoms with Crippen LogP contribution in [0.1, 0.15) is 16.8 Å². The zero-order valence-electron chi connectivity index (χ0n) is 14.0. The van der Waals surface area contributed by atoms with Crippen LogP contribution in [-0.2, 0) is 0 Å². The van der Waals surface area contributed by atoms with Gasteiger partial charge in [0.15, 0.2) is 11.5 Å². The summed E-state index contributed by atoms with van der Waals surface area (Å²) in [5, 5.41) is 3.36. The van der Waals surface area contributed by atoms with E-state index >= 15 is 0 Å². The lowest BCUT2D eigenvalue weighted by Crippen LogP contribution is -2.45. The number of fused-ring (bicyclic) bond motifs is 1. The van der Waals surface area contributed by atoms with Gasteiger partial charge in [0, 0.05) is 38.3 Å². The Bertz CT molecular complexity index is 589. The van der Waals surface area contributed by atoms with Crippen LogP contribution in [0.3, 0.4) is 0 Å². The van der Waals surface area contributed by atoms with Gasteiger partial charge in [0.1, 0.15) is 13.2 Å². The first-order valence-corrected chi connectivity index (χ1v) is 8.79. The first kappa shape index (κ1) is 17.3. The molecule has 1 saturated heterocycles. The quantitative estimate of drug-likeness (QED) is 0.813. The fraction of sp³-hybridized carbons (Fsp3) is 0.588. The van der Waals surface area contributed by atoms with Gasteiger partial charge >= 0.3 is 0 Å². The minimum absolute atomic E-state index is 0.132. The van der Waals surface area contributed by atoms with Crippen molar-refractivity contribution in [2.45, 2.75) is 6.42 Å². The highest BCUT2D eigenvalue weighted by atomic mass is 35.5. The molecule has 1 fully saturated rings. The van der Waals surface area contributed by atoms with Crippen molar-refractivity contribution in [1.29, 1.82) is 0 Å². The summed E-state index contributed by atoms with van der Waals surface area (Å²) in [7, 11) is 2.15. The Morgan fingerprint density at radius 2 is 1.96 bits per heavy atom. The molecule has 7 heteroatoms. The number of hydrogen-bond acceptors (Lipinski definition) is 5. The number of likely N-dealkylation sites (N-methyl/N-ethyl adjacent to an activating group) is 1. The summed E-state index contributed by atoms with van der Waals surface area (Å²) in [4.78, 5) is 17.1. The van der Waals surface area contributed by atoms with Crippen molar-refractivity contribution in [3.8, 4) is 11.5 Å². The van der Waals surface area contributed by atoms with Crippen LogP contribution in [0.5, 0.6) is 11.5 Å². The summed E-state index contributed by atoms with van der Waals surface area (Å²) in [5.74, 6) is 0.929. The van der Waals surface area contributed by atoms with Gasteiger partial charge in [-0.2, -0.15) is 0 Å². The van der Waals surface area contributed by atoms with Gasteiger partial charge in [-0.05, 0) is 32.1 Å². The monoisotopic (exact) mass is 353 g/mol. The standard InChI is InChI=1S/C17H24ClN3O3/c1-20-5-7-21(8-6-20)4-2-3-19-17(22)13-11-14(18)16-15(12-13)23-9-10-24-16/h11-12H,2-10H2,1H3,(H,19,22). The average Bonchev–Trinajstić information content (AvgIpc) is 2.60. The van der Waals surface area contributed by atoms with Crippen LogP contribution >= 0.6 is 11.6 Å². The molecule has 0 radical (unpaired) electrons. The predicted molar refractivity (Wildman–Crippen MR) is 93.3 cm³/mol. The number of hydrogen-bond donors (Lipinski definition) is 1. The smallest absolute Gasteiger partial charge is 0.251 e. The van der Waals surface area contributed by atoms with E-state index in [9.17, 15) is 4.79 Å². The number of piperazine rings is 1. The van der Waals surface area contributed by atoms with Crippen LogP contribution in [0.15, 0.2) is 12.1 Å². The maximum Gasteiger partial charge on any atom is 0.251 e. The van der Waals surface area contributed by atoms with E-state index in [0.717, 1.165) is 39.1 Å². The number of carbonyl (C=O) groups is 1. The fourth-order valence-electron chi connectivity index (χ4n) is 2.92. The third-order valence-corrected chi connectivity index (χ3v) is 4.67. The molecule has 1 aromatic rings.